The van der Waals surface area contributed by atoms with Crippen molar-refractivity contribution in [3.63, 3.8) is 0 Å². The number of hydrogen-bond donors (Lipinski definition) is 1. The van der Waals surface area contributed by atoms with Gasteiger partial charge in [0.15, 0.2) is 5.69 Å². The van der Waals surface area contributed by atoms with E-state index >= 15 is 0 Å². The number of carbonyl (C=O) groups excluding carboxylic acids is 1. The van der Waals surface area contributed by atoms with E-state index in [9.17, 15) is 18.0 Å². The summed E-state index contributed by atoms with van der Waals surface area (Å²) in [5, 5.41) is 18.6. The van der Waals surface area contributed by atoms with Gasteiger partial charge < -0.3 is 10.2 Å². The first-order valence-corrected chi connectivity index (χ1v) is 11.1. The van der Waals surface area contributed by atoms with Crippen LogP contribution in [0.2, 0.25) is 0 Å². The smallest absolute Gasteiger partial charge is 0.367 e. The summed E-state index contributed by atoms with van der Waals surface area (Å²) in [6, 6.07) is 7.54. The molecule has 3 aromatic rings. The molecule has 4 rings (SSSR count). The molecule has 3 heterocycles. The molecule has 1 aliphatic rings. The fraction of sp³-hybridized carbons (Fsp3) is 0.435. The van der Waals surface area contributed by atoms with E-state index in [-0.39, 0.29) is 23.7 Å². The van der Waals surface area contributed by atoms with Crippen LogP contribution in [0, 0.1) is 19.8 Å². The highest BCUT2D eigenvalue weighted by Gasteiger charge is 2.35. The molecule has 11 heteroatoms. The van der Waals surface area contributed by atoms with Gasteiger partial charge in [0.1, 0.15) is 5.82 Å². The number of piperidine rings is 1. The molecule has 1 aromatic carbocycles. The number of aromatic nitrogens is 5. The molecule has 1 fully saturated rings. The Balaban J connectivity index is 1.57. The molecule has 180 valence electrons. The Morgan fingerprint density at radius 3 is 2.62 bits per heavy atom. The number of likely N-dealkylation sites (tertiary alicyclic amines) is 1. The number of aryl methyl sites for hydroxylation is 2. The van der Waals surface area contributed by atoms with Gasteiger partial charge in [-0.1, -0.05) is 18.6 Å². The summed E-state index contributed by atoms with van der Waals surface area (Å²) in [5.74, 6) is 0.280. The van der Waals surface area contributed by atoms with Crippen LogP contribution >= 0.6 is 0 Å². The normalized spacial score (nSPS) is 18.7. The number of alkyl halides is 3. The summed E-state index contributed by atoms with van der Waals surface area (Å²) in [7, 11) is 0. The van der Waals surface area contributed by atoms with Crippen molar-refractivity contribution in [3.8, 4) is 5.69 Å². The Morgan fingerprint density at radius 2 is 1.97 bits per heavy atom. The van der Waals surface area contributed by atoms with E-state index < -0.39 is 11.9 Å². The molecule has 0 saturated carbocycles. The number of benzene rings is 1. The molecule has 2 atom stereocenters. The number of halogens is 3. The van der Waals surface area contributed by atoms with Gasteiger partial charge in [0.25, 0.3) is 5.91 Å². The average molecular weight is 474 g/mol. The highest BCUT2D eigenvalue weighted by Crippen LogP contribution is 2.29. The zero-order valence-electron chi connectivity index (χ0n) is 19.2. The van der Waals surface area contributed by atoms with Gasteiger partial charge in [-0.15, -0.1) is 10.2 Å². The number of nitrogens with one attached hydrogen (secondary N) is 1. The minimum atomic E-state index is -4.54. The average Bonchev–Trinajstić information content (AvgIpc) is 3.23. The maximum atomic E-state index is 13.8. The van der Waals surface area contributed by atoms with Crippen LogP contribution < -0.4 is 5.32 Å². The predicted octanol–water partition coefficient (Wildman–Crippen LogP) is 4.05. The van der Waals surface area contributed by atoms with E-state index in [1.54, 1.807) is 6.20 Å². The SMILES string of the molecule is Cc1ccc(-n2ncc(C)n2)c(C(=O)N2CCCC(C)C2CNc2ccc(C(F)(F)F)nn2)c1. The van der Waals surface area contributed by atoms with Crippen molar-refractivity contribution in [1.29, 1.82) is 0 Å². The van der Waals surface area contributed by atoms with Crippen LogP contribution in [0.3, 0.4) is 0 Å². The van der Waals surface area contributed by atoms with Crippen molar-refractivity contribution in [3.05, 3.63) is 59.0 Å². The third-order valence-corrected chi connectivity index (χ3v) is 6.03. The summed E-state index contributed by atoms with van der Waals surface area (Å²) in [6.45, 7) is 6.74. The van der Waals surface area contributed by atoms with E-state index in [0.717, 1.165) is 30.2 Å². The second kappa shape index (κ2) is 9.40. The number of carbonyl (C=O) groups is 1. The quantitative estimate of drug-likeness (QED) is 0.602. The first-order valence-electron chi connectivity index (χ1n) is 11.1. The Morgan fingerprint density at radius 1 is 1.18 bits per heavy atom. The molecule has 0 bridgehead atoms. The first kappa shape index (κ1) is 23.7. The van der Waals surface area contributed by atoms with Gasteiger partial charge in [-0.3, -0.25) is 4.79 Å². The molecule has 1 saturated heterocycles. The van der Waals surface area contributed by atoms with E-state index in [4.69, 9.17) is 0 Å². The van der Waals surface area contributed by atoms with Crippen LogP contribution in [0.5, 0.6) is 0 Å². The summed E-state index contributed by atoms with van der Waals surface area (Å²) < 4.78 is 38.3. The number of amides is 1. The molecule has 1 amide bonds. The standard InChI is InChI=1S/C23H26F3N7O/c1-14-6-7-18(33-28-12-16(3)31-33)17(11-14)22(34)32-10-4-5-15(2)19(32)13-27-21-9-8-20(29-30-21)23(24,25)26/h6-9,11-12,15,19H,4-5,10,13H2,1-3H3,(H,27,30). The maximum absolute atomic E-state index is 13.8. The Hall–Kier alpha value is -3.50. The van der Waals surface area contributed by atoms with Crippen molar-refractivity contribution in [1.82, 2.24) is 30.1 Å². The van der Waals surface area contributed by atoms with E-state index in [1.165, 1.54) is 10.9 Å². The summed E-state index contributed by atoms with van der Waals surface area (Å²) >= 11 is 0. The molecular formula is C23H26F3N7O. The van der Waals surface area contributed by atoms with E-state index in [0.29, 0.717) is 24.3 Å². The topological polar surface area (TPSA) is 88.8 Å². The molecule has 0 radical (unpaired) electrons. The Kier molecular flexibility index (Phi) is 6.54. The highest BCUT2D eigenvalue weighted by atomic mass is 19.4. The molecular weight excluding hydrogens is 447 g/mol. The van der Waals surface area contributed by atoms with Crippen molar-refractivity contribution in [2.45, 2.75) is 45.8 Å². The third-order valence-electron chi connectivity index (χ3n) is 6.03. The third kappa shape index (κ3) is 5.02. The highest BCUT2D eigenvalue weighted by molar-refractivity contribution is 5.98. The second-order valence-corrected chi connectivity index (χ2v) is 8.66. The minimum Gasteiger partial charge on any atom is -0.367 e. The molecule has 0 spiro atoms. The van der Waals surface area contributed by atoms with Crippen LogP contribution in [0.1, 0.15) is 47.1 Å². The van der Waals surface area contributed by atoms with Gasteiger partial charge in [0.2, 0.25) is 0 Å². The number of rotatable bonds is 5. The van der Waals surface area contributed by atoms with Crippen LogP contribution in [-0.4, -0.2) is 55.1 Å². The minimum absolute atomic E-state index is 0.134. The summed E-state index contributed by atoms with van der Waals surface area (Å²) in [4.78, 5) is 17.0. The van der Waals surface area contributed by atoms with Crippen LogP contribution in [0.4, 0.5) is 19.0 Å². The summed E-state index contributed by atoms with van der Waals surface area (Å²) in [5.41, 5.74) is 1.74. The van der Waals surface area contributed by atoms with Crippen LogP contribution in [0.15, 0.2) is 36.5 Å². The molecule has 34 heavy (non-hydrogen) atoms. The first-order chi connectivity index (χ1) is 16.1. The zero-order chi connectivity index (χ0) is 24.5. The van der Waals surface area contributed by atoms with Gasteiger partial charge in [-0.05, 0) is 56.9 Å². The number of nitrogens with zero attached hydrogens (tertiary/aromatic N) is 6. The fourth-order valence-electron chi connectivity index (χ4n) is 4.21. The van der Waals surface area contributed by atoms with E-state index in [1.807, 2.05) is 36.9 Å². The zero-order valence-corrected chi connectivity index (χ0v) is 19.2. The maximum Gasteiger partial charge on any atom is 0.435 e. The second-order valence-electron chi connectivity index (χ2n) is 8.66. The Labute approximate surface area is 195 Å². The van der Waals surface area contributed by atoms with Crippen molar-refractivity contribution >= 4 is 11.7 Å². The lowest BCUT2D eigenvalue weighted by atomic mass is 9.89. The molecule has 0 aliphatic carbocycles. The Bertz CT molecular complexity index is 1160. The van der Waals surface area contributed by atoms with Crippen LogP contribution in [0.25, 0.3) is 5.69 Å². The predicted molar refractivity (Wildman–Crippen MR) is 120 cm³/mol. The van der Waals surface area contributed by atoms with Crippen molar-refractivity contribution in [2.24, 2.45) is 5.92 Å². The lowest BCUT2D eigenvalue weighted by molar-refractivity contribution is -0.141. The fourth-order valence-corrected chi connectivity index (χ4v) is 4.21. The van der Waals surface area contributed by atoms with Crippen molar-refractivity contribution in [2.75, 3.05) is 18.4 Å². The number of hydrogen-bond acceptors (Lipinski definition) is 6. The molecule has 2 unspecified atom stereocenters. The molecule has 1 aliphatic heterocycles. The van der Waals surface area contributed by atoms with Gasteiger partial charge in [-0.2, -0.15) is 28.2 Å². The van der Waals surface area contributed by atoms with Crippen LogP contribution in [-0.2, 0) is 6.18 Å². The largest absolute Gasteiger partial charge is 0.435 e. The van der Waals surface area contributed by atoms with E-state index in [2.05, 4.69) is 32.6 Å². The van der Waals surface area contributed by atoms with Crippen molar-refractivity contribution < 1.29 is 18.0 Å². The molecule has 2 aromatic heterocycles. The lowest BCUT2D eigenvalue weighted by Crippen LogP contribution is -2.51. The van der Waals surface area contributed by atoms with Gasteiger partial charge in [-0.25, -0.2) is 0 Å². The van der Waals surface area contributed by atoms with Gasteiger partial charge in [0.05, 0.1) is 29.2 Å². The number of anilines is 1. The molecule has 1 N–H and O–H groups in total. The monoisotopic (exact) mass is 473 g/mol. The molecule has 8 nitrogen and oxygen atoms in total. The van der Waals surface area contributed by atoms with Gasteiger partial charge in [0, 0.05) is 13.1 Å². The van der Waals surface area contributed by atoms with Gasteiger partial charge >= 0.3 is 6.18 Å². The lowest BCUT2D eigenvalue weighted by Gasteiger charge is -2.40. The summed E-state index contributed by atoms with van der Waals surface area (Å²) in [6.07, 6.45) is -1.10.